The van der Waals surface area contributed by atoms with Crippen LogP contribution in [0.25, 0.3) is 0 Å². The van der Waals surface area contributed by atoms with Gasteiger partial charge >= 0.3 is 6.36 Å². The van der Waals surface area contributed by atoms with Gasteiger partial charge in [-0.05, 0) is 30.9 Å². The van der Waals surface area contributed by atoms with Crippen LogP contribution in [0, 0.1) is 11.3 Å². The van der Waals surface area contributed by atoms with Crippen molar-refractivity contribution in [1.82, 2.24) is 5.32 Å². The zero-order valence-electron chi connectivity index (χ0n) is 11.2. The molecule has 2 unspecified atom stereocenters. The normalized spacial score (nSPS) is 22.9. The van der Waals surface area contributed by atoms with Crippen LogP contribution < -0.4 is 10.1 Å². The maximum atomic E-state index is 12.4. The molecule has 0 bridgehead atoms. The van der Waals surface area contributed by atoms with Crippen LogP contribution in [0.5, 0.6) is 5.75 Å². The van der Waals surface area contributed by atoms with E-state index in [0.29, 0.717) is 11.5 Å². The van der Waals surface area contributed by atoms with E-state index in [2.05, 4.69) is 23.9 Å². The summed E-state index contributed by atoms with van der Waals surface area (Å²) in [5, 5.41) is 3.11. The number of halogens is 3. The molecule has 0 heterocycles. The standard InChI is InChI=1S/C14H18F3NO/c1-13(2)8-10(13)12(18-3)9-6-4-5-7-11(9)19-14(15,16)17/h4-7,10,12,18H,8H2,1-3H3. The maximum Gasteiger partial charge on any atom is 0.573 e. The van der Waals surface area contributed by atoms with Crippen molar-refractivity contribution in [3.05, 3.63) is 29.8 Å². The fourth-order valence-corrected chi connectivity index (χ4v) is 2.61. The van der Waals surface area contributed by atoms with Gasteiger partial charge < -0.3 is 10.1 Å². The Morgan fingerprint density at radius 1 is 1.32 bits per heavy atom. The van der Waals surface area contributed by atoms with Crippen molar-refractivity contribution in [2.75, 3.05) is 7.05 Å². The Morgan fingerprint density at radius 2 is 1.89 bits per heavy atom. The molecular weight excluding hydrogens is 255 g/mol. The van der Waals surface area contributed by atoms with Crippen molar-refractivity contribution in [1.29, 1.82) is 0 Å². The minimum atomic E-state index is -4.66. The van der Waals surface area contributed by atoms with Crippen LogP contribution in [-0.2, 0) is 0 Å². The van der Waals surface area contributed by atoms with Gasteiger partial charge in [0.1, 0.15) is 5.75 Å². The first-order valence-corrected chi connectivity index (χ1v) is 6.26. The lowest BCUT2D eigenvalue weighted by Crippen LogP contribution is -2.24. The molecule has 5 heteroatoms. The van der Waals surface area contributed by atoms with E-state index in [1.54, 1.807) is 25.2 Å². The van der Waals surface area contributed by atoms with Crippen LogP contribution in [0.2, 0.25) is 0 Å². The number of hydrogen-bond acceptors (Lipinski definition) is 2. The van der Waals surface area contributed by atoms with E-state index in [-0.39, 0.29) is 17.2 Å². The number of rotatable bonds is 4. The molecule has 106 valence electrons. The monoisotopic (exact) mass is 273 g/mol. The molecule has 2 atom stereocenters. The molecule has 1 aromatic carbocycles. The molecule has 0 aliphatic heterocycles. The molecule has 1 aliphatic carbocycles. The van der Waals surface area contributed by atoms with E-state index >= 15 is 0 Å². The molecule has 1 N–H and O–H groups in total. The highest BCUT2D eigenvalue weighted by molar-refractivity contribution is 5.37. The molecule has 0 spiro atoms. The van der Waals surface area contributed by atoms with Gasteiger partial charge in [0, 0.05) is 11.6 Å². The van der Waals surface area contributed by atoms with Gasteiger partial charge in [-0.3, -0.25) is 0 Å². The Kier molecular flexibility index (Phi) is 3.51. The van der Waals surface area contributed by atoms with Gasteiger partial charge in [-0.25, -0.2) is 0 Å². The fraction of sp³-hybridized carbons (Fsp3) is 0.571. The molecule has 0 aromatic heterocycles. The third kappa shape index (κ3) is 3.21. The van der Waals surface area contributed by atoms with Gasteiger partial charge in [0.05, 0.1) is 0 Å². The average molecular weight is 273 g/mol. The molecule has 1 aliphatic rings. The summed E-state index contributed by atoms with van der Waals surface area (Å²) in [6, 6.07) is 6.22. The van der Waals surface area contributed by atoms with Gasteiger partial charge in [-0.15, -0.1) is 13.2 Å². The Balaban J connectivity index is 2.28. The van der Waals surface area contributed by atoms with E-state index in [9.17, 15) is 13.2 Å². The van der Waals surface area contributed by atoms with Crippen LogP contribution in [0.15, 0.2) is 24.3 Å². The lowest BCUT2D eigenvalue weighted by Gasteiger charge is -2.22. The van der Waals surface area contributed by atoms with Crippen LogP contribution in [0.3, 0.4) is 0 Å². The molecule has 0 saturated heterocycles. The van der Waals surface area contributed by atoms with E-state index in [1.165, 1.54) is 6.07 Å². The summed E-state index contributed by atoms with van der Waals surface area (Å²) in [4.78, 5) is 0. The predicted octanol–water partition coefficient (Wildman–Crippen LogP) is 3.89. The molecule has 0 radical (unpaired) electrons. The quantitative estimate of drug-likeness (QED) is 0.898. The second-order valence-electron chi connectivity index (χ2n) is 5.65. The van der Waals surface area contributed by atoms with E-state index in [0.717, 1.165) is 6.42 Å². The van der Waals surface area contributed by atoms with Crippen molar-refractivity contribution in [2.45, 2.75) is 32.7 Å². The number of ether oxygens (including phenoxy) is 1. The molecule has 0 amide bonds. The number of para-hydroxylation sites is 1. The molecule has 19 heavy (non-hydrogen) atoms. The molecule has 1 aromatic rings. The van der Waals surface area contributed by atoms with Crippen LogP contribution >= 0.6 is 0 Å². The summed E-state index contributed by atoms with van der Waals surface area (Å²) in [6.45, 7) is 4.24. The second kappa shape index (κ2) is 4.71. The van der Waals surface area contributed by atoms with Crippen molar-refractivity contribution in [3.8, 4) is 5.75 Å². The summed E-state index contributed by atoms with van der Waals surface area (Å²) in [5.41, 5.74) is 0.733. The van der Waals surface area contributed by atoms with Crippen molar-refractivity contribution >= 4 is 0 Å². The molecular formula is C14H18F3NO. The minimum Gasteiger partial charge on any atom is -0.405 e. The average Bonchev–Trinajstić information content (AvgIpc) is 2.89. The third-order valence-corrected chi connectivity index (χ3v) is 3.78. The molecule has 1 fully saturated rings. The highest BCUT2D eigenvalue weighted by Crippen LogP contribution is 2.58. The largest absolute Gasteiger partial charge is 0.573 e. The molecule has 1 saturated carbocycles. The third-order valence-electron chi connectivity index (χ3n) is 3.78. The maximum absolute atomic E-state index is 12.4. The number of benzene rings is 1. The topological polar surface area (TPSA) is 21.3 Å². The van der Waals surface area contributed by atoms with Gasteiger partial charge in [0.25, 0.3) is 0 Å². The van der Waals surface area contributed by atoms with E-state index in [4.69, 9.17) is 0 Å². The lowest BCUT2D eigenvalue weighted by atomic mass is 9.96. The number of nitrogens with one attached hydrogen (secondary N) is 1. The molecule has 2 nitrogen and oxygen atoms in total. The second-order valence-corrected chi connectivity index (χ2v) is 5.65. The van der Waals surface area contributed by atoms with Gasteiger partial charge in [-0.1, -0.05) is 32.0 Å². The summed E-state index contributed by atoms with van der Waals surface area (Å²) < 4.78 is 41.4. The minimum absolute atomic E-state index is 0.114. The highest BCUT2D eigenvalue weighted by atomic mass is 19.4. The van der Waals surface area contributed by atoms with Crippen LogP contribution in [0.4, 0.5) is 13.2 Å². The first kappa shape index (κ1) is 14.2. The first-order valence-electron chi connectivity index (χ1n) is 6.26. The first-order chi connectivity index (χ1) is 8.74. The van der Waals surface area contributed by atoms with Crippen LogP contribution in [-0.4, -0.2) is 13.4 Å². The highest BCUT2D eigenvalue weighted by Gasteiger charge is 2.50. The van der Waals surface area contributed by atoms with E-state index < -0.39 is 6.36 Å². The predicted molar refractivity (Wildman–Crippen MR) is 66.8 cm³/mol. The van der Waals surface area contributed by atoms with Gasteiger partial charge in [0.2, 0.25) is 0 Å². The summed E-state index contributed by atoms with van der Waals surface area (Å²) in [6.07, 6.45) is -3.66. The van der Waals surface area contributed by atoms with E-state index in [1.807, 2.05) is 0 Å². The Labute approximate surface area is 111 Å². The van der Waals surface area contributed by atoms with Gasteiger partial charge in [0.15, 0.2) is 0 Å². The van der Waals surface area contributed by atoms with Crippen LogP contribution in [0.1, 0.15) is 31.9 Å². The van der Waals surface area contributed by atoms with Gasteiger partial charge in [-0.2, -0.15) is 0 Å². The van der Waals surface area contributed by atoms with Crippen molar-refractivity contribution in [2.24, 2.45) is 11.3 Å². The Hall–Kier alpha value is -1.23. The number of alkyl halides is 3. The smallest absolute Gasteiger partial charge is 0.405 e. The Bertz CT molecular complexity index is 456. The lowest BCUT2D eigenvalue weighted by molar-refractivity contribution is -0.275. The van der Waals surface area contributed by atoms with Crippen molar-refractivity contribution < 1.29 is 17.9 Å². The summed E-state index contributed by atoms with van der Waals surface area (Å²) in [5.74, 6) is 0.215. The molecule has 2 rings (SSSR count). The Morgan fingerprint density at radius 3 is 2.37 bits per heavy atom. The summed E-state index contributed by atoms with van der Waals surface area (Å²) in [7, 11) is 1.77. The summed E-state index contributed by atoms with van der Waals surface area (Å²) >= 11 is 0. The number of hydrogen-bond donors (Lipinski definition) is 1. The zero-order valence-corrected chi connectivity index (χ0v) is 11.2. The zero-order chi connectivity index (χ0) is 14.3. The van der Waals surface area contributed by atoms with Crippen molar-refractivity contribution in [3.63, 3.8) is 0 Å². The SMILES string of the molecule is CNC(c1ccccc1OC(F)(F)F)C1CC1(C)C. The fourth-order valence-electron chi connectivity index (χ4n) is 2.61.